The number of nitrogens with zero attached hydrogens (tertiary/aromatic N) is 2. The second kappa shape index (κ2) is 7.71. The van der Waals surface area contributed by atoms with Crippen LogP contribution in [0.4, 0.5) is 0 Å². The van der Waals surface area contributed by atoms with E-state index in [1.807, 2.05) is 30.6 Å². The van der Waals surface area contributed by atoms with Gasteiger partial charge in [0.2, 0.25) is 0 Å². The lowest BCUT2D eigenvalue weighted by molar-refractivity contribution is 0.194. The van der Waals surface area contributed by atoms with E-state index in [0.29, 0.717) is 0 Å². The van der Waals surface area contributed by atoms with E-state index in [4.69, 9.17) is 4.74 Å². The molecular weight excluding hydrogens is 238 g/mol. The van der Waals surface area contributed by atoms with Crippen LogP contribution < -0.4 is 5.32 Å². The van der Waals surface area contributed by atoms with Crippen molar-refractivity contribution in [3.8, 4) is 11.4 Å². The van der Waals surface area contributed by atoms with Gasteiger partial charge in [0.25, 0.3) is 0 Å². The van der Waals surface area contributed by atoms with Gasteiger partial charge in [0.1, 0.15) is 5.82 Å². The van der Waals surface area contributed by atoms with Gasteiger partial charge in [0.05, 0.1) is 0 Å². The Hall–Kier alpha value is -1.65. The molecule has 4 nitrogen and oxygen atoms in total. The second-order valence-electron chi connectivity index (χ2n) is 4.41. The Balaban J connectivity index is 1.83. The van der Waals surface area contributed by atoms with E-state index in [-0.39, 0.29) is 0 Å². The Morgan fingerprint density at radius 3 is 2.84 bits per heavy atom. The molecule has 0 fully saturated rings. The fourth-order valence-corrected chi connectivity index (χ4v) is 2.00. The molecule has 1 aromatic heterocycles. The molecule has 1 N–H and O–H groups in total. The number of imidazole rings is 1. The molecule has 1 aromatic carbocycles. The molecule has 0 aliphatic heterocycles. The second-order valence-corrected chi connectivity index (χ2v) is 4.41. The van der Waals surface area contributed by atoms with Crippen LogP contribution in [0.15, 0.2) is 42.7 Å². The summed E-state index contributed by atoms with van der Waals surface area (Å²) in [7, 11) is 1.73. The minimum Gasteiger partial charge on any atom is -0.385 e. The Morgan fingerprint density at radius 2 is 2.05 bits per heavy atom. The summed E-state index contributed by atoms with van der Waals surface area (Å²) >= 11 is 0. The van der Waals surface area contributed by atoms with Gasteiger partial charge >= 0.3 is 0 Å². The zero-order valence-corrected chi connectivity index (χ0v) is 11.4. The first-order chi connectivity index (χ1) is 9.42. The molecule has 0 saturated carbocycles. The summed E-state index contributed by atoms with van der Waals surface area (Å²) in [5, 5.41) is 3.41. The number of hydrogen-bond acceptors (Lipinski definition) is 3. The average molecular weight is 259 g/mol. The molecule has 102 valence electrons. The van der Waals surface area contributed by atoms with Crippen molar-refractivity contribution in [2.24, 2.45) is 0 Å². The molecule has 0 atom stereocenters. The van der Waals surface area contributed by atoms with Crippen molar-refractivity contribution < 1.29 is 4.74 Å². The molecule has 0 radical (unpaired) electrons. The summed E-state index contributed by atoms with van der Waals surface area (Å²) in [6.45, 7) is 3.67. The lowest BCUT2D eigenvalue weighted by Gasteiger charge is -2.09. The summed E-state index contributed by atoms with van der Waals surface area (Å²) in [6, 6.07) is 10.3. The molecule has 0 aliphatic rings. The van der Waals surface area contributed by atoms with Gasteiger partial charge in [-0.3, -0.25) is 0 Å². The minimum absolute atomic E-state index is 0.813. The quantitative estimate of drug-likeness (QED) is 0.739. The highest BCUT2D eigenvalue weighted by molar-refractivity contribution is 5.55. The van der Waals surface area contributed by atoms with Crippen molar-refractivity contribution in [3.63, 3.8) is 0 Å². The van der Waals surface area contributed by atoms with Gasteiger partial charge in [0, 0.05) is 44.8 Å². The fourth-order valence-electron chi connectivity index (χ4n) is 2.00. The Morgan fingerprint density at radius 1 is 1.21 bits per heavy atom. The van der Waals surface area contributed by atoms with Crippen molar-refractivity contribution in [2.75, 3.05) is 26.8 Å². The third-order valence-corrected chi connectivity index (χ3v) is 2.98. The first-order valence-electron chi connectivity index (χ1n) is 6.68. The summed E-state index contributed by atoms with van der Waals surface area (Å²) in [6.07, 6.45) is 4.93. The SMILES string of the molecule is COCCCNCCn1ccnc1-c1ccccc1. The number of benzene rings is 1. The molecule has 2 aromatic rings. The van der Waals surface area contributed by atoms with Crippen molar-refractivity contribution in [1.82, 2.24) is 14.9 Å². The Bertz CT molecular complexity index is 467. The monoisotopic (exact) mass is 259 g/mol. The van der Waals surface area contributed by atoms with Crippen molar-refractivity contribution >= 4 is 0 Å². The first-order valence-corrected chi connectivity index (χ1v) is 6.68. The van der Waals surface area contributed by atoms with Gasteiger partial charge in [0.15, 0.2) is 0 Å². The molecule has 4 heteroatoms. The zero-order chi connectivity index (χ0) is 13.3. The van der Waals surface area contributed by atoms with Crippen LogP contribution >= 0.6 is 0 Å². The van der Waals surface area contributed by atoms with Crippen molar-refractivity contribution in [3.05, 3.63) is 42.7 Å². The van der Waals surface area contributed by atoms with E-state index in [2.05, 4.69) is 27.0 Å². The lowest BCUT2D eigenvalue weighted by Crippen LogP contribution is -2.22. The number of ether oxygens (including phenoxy) is 1. The van der Waals surface area contributed by atoms with E-state index >= 15 is 0 Å². The van der Waals surface area contributed by atoms with Crippen LogP contribution in [0.5, 0.6) is 0 Å². The van der Waals surface area contributed by atoms with E-state index in [9.17, 15) is 0 Å². The van der Waals surface area contributed by atoms with Crippen LogP contribution in [-0.2, 0) is 11.3 Å². The van der Waals surface area contributed by atoms with Gasteiger partial charge in [-0.2, -0.15) is 0 Å². The molecule has 0 spiro atoms. The predicted octanol–water partition coefficient (Wildman–Crippen LogP) is 2.18. The fraction of sp³-hybridized carbons (Fsp3) is 0.400. The van der Waals surface area contributed by atoms with E-state index in [1.165, 1.54) is 0 Å². The van der Waals surface area contributed by atoms with Crippen LogP contribution in [0, 0.1) is 0 Å². The predicted molar refractivity (Wildman–Crippen MR) is 77.0 cm³/mol. The summed E-state index contributed by atoms with van der Waals surface area (Å²) in [5.74, 6) is 1.03. The largest absolute Gasteiger partial charge is 0.385 e. The van der Waals surface area contributed by atoms with Gasteiger partial charge in [-0.25, -0.2) is 4.98 Å². The molecule has 0 amide bonds. The van der Waals surface area contributed by atoms with E-state index in [1.54, 1.807) is 7.11 Å². The average Bonchev–Trinajstić information content (AvgIpc) is 2.92. The molecule has 19 heavy (non-hydrogen) atoms. The van der Waals surface area contributed by atoms with E-state index in [0.717, 1.165) is 44.0 Å². The highest BCUT2D eigenvalue weighted by Crippen LogP contribution is 2.16. The summed E-state index contributed by atoms with van der Waals surface area (Å²) in [5.41, 5.74) is 1.16. The smallest absolute Gasteiger partial charge is 0.139 e. The van der Waals surface area contributed by atoms with Gasteiger partial charge < -0.3 is 14.6 Å². The van der Waals surface area contributed by atoms with Crippen LogP contribution in [0.2, 0.25) is 0 Å². The molecule has 0 bridgehead atoms. The topological polar surface area (TPSA) is 39.1 Å². The van der Waals surface area contributed by atoms with Crippen molar-refractivity contribution in [2.45, 2.75) is 13.0 Å². The minimum atomic E-state index is 0.813. The Kier molecular flexibility index (Phi) is 5.59. The maximum atomic E-state index is 5.02. The molecular formula is C15H21N3O. The van der Waals surface area contributed by atoms with Crippen LogP contribution in [0.1, 0.15) is 6.42 Å². The Labute approximate surface area is 114 Å². The third-order valence-electron chi connectivity index (χ3n) is 2.98. The van der Waals surface area contributed by atoms with Crippen LogP contribution in [0.25, 0.3) is 11.4 Å². The third kappa shape index (κ3) is 4.19. The molecule has 0 saturated heterocycles. The van der Waals surface area contributed by atoms with E-state index < -0.39 is 0 Å². The highest BCUT2D eigenvalue weighted by atomic mass is 16.5. The number of hydrogen-bond donors (Lipinski definition) is 1. The number of aromatic nitrogens is 2. The van der Waals surface area contributed by atoms with Gasteiger partial charge in [-0.15, -0.1) is 0 Å². The number of nitrogens with one attached hydrogen (secondary N) is 1. The molecule has 0 aliphatic carbocycles. The normalized spacial score (nSPS) is 10.8. The molecule has 2 rings (SSSR count). The first kappa shape index (κ1) is 13.8. The maximum absolute atomic E-state index is 5.02. The van der Waals surface area contributed by atoms with Crippen LogP contribution in [-0.4, -0.2) is 36.4 Å². The van der Waals surface area contributed by atoms with Crippen molar-refractivity contribution in [1.29, 1.82) is 0 Å². The van der Waals surface area contributed by atoms with Gasteiger partial charge in [-0.1, -0.05) is 30.3 Å². The summed E-state index contributed by atoms with van der Waals surface area (Å²) in [4.78, 5) is 4.43. The lowest BCUT2D eigenvalue weighted by atomic mass is 10.2. The van der Waals surface area contributed by atoms with Gasteiger partial charge in [-0.05, 0) is 13.0 Å². The van der Waals surface area contributed by atoms with Crippen LogP contribution in [0.3, 0.4) is 0 Å². The maximum Gasteiger partial charge on any atom is 0.139 e. The zero-order valence-electron chi connectivity index (χ0n) is 11.4. The molecule has 0 unspecified atom stereocenters. The number of rotatable bonds is 8. The highest BCUT2D eigenvalue weighted by Gasteiger charge is 2.04. The number of methoxy groups -OCH3 is 1. The summed E-state index contributed by atoms with van der Waals surface area (Å²) < 4.78 is 7.20. The standard InChI is InChI=1S/C15H21N3O/c1-19-13-5-8-16-9-11-18-12-10-17-15(18)14-6-3-2-4-7-14/h2-4,6-7,10,12,16H,5,8-9,11,13H2,1H3. The molecule has 1 heterocycles.